The van der Waals surface area contributed by atoms with Gasteiger partial charge in [0.1, 0.15) is 0 Å². The summed E-state index contributed by atoms with van der Waals surface area (Å²) in [5, 5.41) is 0.613. The summed E-state index contributed by atoms with van der Waals surface area (Å²) in [5.74, 6) is 0.138. The first-order chi connectivity index (χ1) is 14.3. The molecular formula is C23H30ClN3O3. The lowest BCUT2D eigenvalue weighted by Gasteiger charge is -2.32. The molecule has 0 spiro atoms. The minimum atomic E-state index is -0.668. The van der Waals surface area contributed by atoms with Gasteiger partial charge in [-0.2, -0.15) is 0 Å². The molecule has 3 heterocycles. The third-order valence-electron chi connectivity index (χ3n) is 6.83. The van der Waals surface area contributed by atoms with Gasteiger partial charge in [0, 0.05) is 56.1 Å². The SMILES string of the molecule is CC(C)C(=O)N1C[C@H]2CN(C(=O)Cc3cccc(Cl)c3)C[C@@]2(C(=O)N2CCCC2)C1. The highest BCUT2D eigenvalue weighted by atomic mass is 35.5. The van der Waals surface area contributed by atoms with Crippen molar-refractivity contribution in [2.45, 2.75) is 33.1 Å². The maximum Gasteiger partial charge on any atom is 0.232 e. The molecule has 1 aromatic carbocycles. The molecule has 0 bridgehead atoms. The number of hydrogen-bond donors (Lipinski definition) is 0. The van der Waals surface area contributed by atoms with E-state index in [4.69, 9.17) is 11.6 Å². The van der Waals surface area contributed by atoms with Crippen LogP contribution in [-0.2, 0) is 20.8 Å². The van der Waals surface area contributed by atoms with Gasteiger partial charge in [-0.1, -0.05) is 37.6 Å². The van der Waals surface area contributed by atoms with Gasteiger partial charge in [-0.25, -0.2) is 0 Å². The average molecular weight is 432 g/mol. The minimum Gasteiger partial charge on any atom is -0.342 e. The molecular weight excluding hydrogens is 402 g/mol. The van der Waals surface area contributed by atoms with Gasteiger partial charge in [-0.05, 0) is 30.5 Å². The number of benzene rings is 1. The molecule has 7 heteroatoms. The van der Waals surface area contributed by atoms with Crippen LogP contribution in [0.3, 0.4) is 0 Å². The summed E-state index contributed by atoms with van der Waals surface area (Å²) in [4.78, 5) is 44.9. The van der Waals surface area contributed by atoms with Crippen LogP contribution in [0.25, 0.3) is 0 Å². The molecule has 0 aromatic heterocycles. The highest BCUT2D eigenvalue weighted by Crippen LogP contribution is 2.45. The quantitative estimate of drug-likeness (QED) is 0.735. The number of carbonyl (C=O) groups is 3. The van der Waals surface area contributed by atoms with E-state index in [-0.39, 0.29) is 36.0 Å². The van der Waals surface area contributed by atoms with E-state index in [0.29, 0.717) is 31.2 Å². The lowest BCUT2D eigenvalue weighted by atomic mass is 9.79. The molecule has 30 heavy (non-hydrogen) atoms. The summed E-state index contributed by atoms with van der Waals surface area (Å²) in [6.45, 7) is 7.25. The Morgan fingerprint density at radius 2 is 1.73 bits per heavy atom. The predicted octanol–water partition coefficient (Wildman–Crippen LogP) is 2.45. The Balaban J connectivity index is 1.54. The monoisotopic (exact) mass is 431 g/mol. The third kappa shape index (κ3) is 3.82. The Labute approximate surface area is 183 Å². The highest BCUT2D eigenvalue weighted by Gasteiger charge is 2.60. The zero-order valence-electron chi connectivity index (χ0n) is 17.8. The normalized spacial score (nSPS) is 25.9. The van der Waals surface area contributed by atoms with Gasteiger partial charge < -0.3 is 14.7 Å². The molecule has 3 fully saturated rings. The number of rotatable bonds is 4. The topological polar surface area (TPSA) is 60.9 Å². The average Bonchev–Trinajstić information content (AvgIpc) is 3.41. The molecule has 0 unspecified atom stereocenters. The maximum absolute atomic E-state index is 13.6. The van der Waals surface area contributed by atoms with Gasteiger partial charge in [0.25, 0.3) is 0 Å². The van der Waals surface area contributed by atoms with E-state index < -0.39 is 5.41 Å². The van der Waals surface area contributed by atoms with E-state index in [2.05, 4.69) is 0 Å². The highest BCUT2D eigenvalue weighted by molar-refractivity contribution is 6.30. The molecule has 3 aliphatic rings. The van der Waals surface area contributed by atoms with Crippen molar-refractivity contribution in [1.29, 1.82) is 0 Å². The van der Waals surface area contributed by atoms with Crippen LogP contribution < -0.4 is 0 Å². The second kappa shape index (κ2) is 8.22. The van der Waals surface area contributed by atoms with Crippen LogP contribution in [0.1, 0.15) is 32.3 Å². The van der Waals surface area contributed by atoms with Crippen molar-refractivity contribution >= 4 is 29.3 Å². The van der Waals surface area contributed by atoms with Gasteiger partial charge in [0.05, 0.1) is 11.8 Å². The fraction of sp³-hybridized carbons (Fsp3) is 0.609. The molecule has 3 aliphatic heterocycles. The van der Waals surface area contributed by atoms with Crippen molar-refractivity contribution in [2.24, 2.45) is 17.3 Å². The number of halogens is 1. The van der Waals surface area contributed by atoms with E-state index in [1.165, 1.54) is 0 Å². The summed E-state index contributed by atoms with van der Waals surface area (Å²) < 4.78 is 0. The molecule has 2 atom stereocenters. The number of nitrogens with zero attached hydrogens (tertiary/aromatic N) is 3. The molecule has 1 aromatic rings. The molecule has 3 saturated heterocycles. The minimum absolute atomic E-state index is 0.00314. The van der Waals surface area contributed by atoms with Crippen LogP contribution in [0, 0.1) is 17.3 Å². The van der Waals surface area contributed by atoms with Crippen molar-refractivity contribution < 1.29 is 14.4 Å². The zero-order valence-corrected chi connectivity index (χ0v) is 18.5. The lowest BCUT2D eigenvalue weighted by molar-refractivity contribution is -0.142. The first-order valence-corrected chi connectivity index (χ1v) is 11.3. The first-order valence-electron chi connectivity index (χ1n) is 10.9. The lowest BCUT2D eigenvalue weighted by Crippen LogP contribution is -2.49. The number of carbonyl (C=O) groups excluding carboxylic acids is 3. The Morgan fingerprint density at radius 1 is 1.07 bits per heavy atom. The third-order valence-corrected chi connectivity index (χ3v) is 7.07. The second-order valence-corrected chi connectivity index (χ2v) is 9.74. The van der Waals surface area contributed by atoms with Crippen LogP contribution in [-0.4, -0.2) is 71.7 Å². The standard InChI is InChI=1S/C23H30ClN3O3/c1-16(2)21(29)27-13-18-12-26(20(28)11-17-6-5-7-19(24)10-17)14-23(18,15-27)22(30)25-8-3-4-9-25/h5-7,10,16,18H,3-4,8-9,11-15H2,1-2H3/t18-,23-/m1/s1. The van der Waals surface area contributed by atoms with Gasteiger partial charge in [0.15, 0.2) is 0 Å². The van der Waals surface area contributed by atoms with Crippen molar-refractivity contribution in [2.75, 3.05) is 39.3 Å². The van der Waals surface area contributed by atoms with Crippen LogP contribution in [0.4, 0.5) is 0 Å². The number of hydrogen-bond acceptors (Lipinski definition) is 3. The molecule has 0 saturated carbocycles. The van der Waals surface area contributed by atoms with Crippen LogP contribution in [0.15, 0.2) is 24.3 Å². The number of fused-ring (bicyclic) bond motifs is 1. The summed E-state index contributed by atoms with van der Waals surface area (Å²) in [6, 6.07) is 7.34. The predicted molar refractivity (Wildman–Crippen MR) is 115 cm³/mol. The Morgan fingerprint density at radius 3 is 2.40 bits per heavy atom. The fourth-order valence-corrected chi connectivity index (χ4v) is 5.47. The van der Waals surface area contributed by atoms with Gasteiger partial charge in [0.2, 0.25) is 17.7 Å². The molecule has 0 radical (unpaired) electrons. The molecule has 0 N–H and O–H groups in total. The molecule has 4 rings (SSSR count). The molecule has 3 amide bonds. The fourth-order valence-electron chi connectivity index (χ4n) is 5.26. The second-order valence-electron chi connectivity index (χ2n) is 9.31. The van der Waals surface area contributed by atoms with Gasteiger partial charge >= 0.3 is 0 Å². The summed E-state index contributed by atoms with van der Waals surface area (Å²) >= 11 is 6.06. The van der Waals surface area contributed by atoms with Gasteiger partial charge in [-0.15, -0.1) is 0 Å². The van der Waals surface area contributed by atoms with E-state index in [1.807, 2.05) is 46.7 Å². The smallest absolute Gasteiger partial charge is 0.232 e. The summed E-state index contributed by atoms with van der Waals surface area (Å²) in [7, 11) is 0. The van der Waals surface area contributed by atoms with Crippen molar-refractivity contribution in [3.8, 4) is 0 Å². The summed E-state index contributed by atoms with van der Waals surface area (Å²) in [5.41, 5.74) is 0.208. The van der Waals surface area contributed by atoms with Crippen molar-refractivity contribution in [3.05, 3.63) is 34.9 Å². The zero-order chi connectivity index (χ0) is 21.5. The van der Waals surface area contributed by atoms with E-state index in [9.17, 15) is 14.4 Å². The van der Waals surface area contributed by atoms with Gasteiger partial charge in [-0.3, -0.25) is 14.4 Å². The van der Waals surface area contributed by atoms with Crippen molar-refractivity contribution in [1.82, 2.24) is 14.7 Å². The summed E-state index contributed by atoms with van der Waals surface area (Å²) in [6.07, 6.45) is 2.33. The van der Waals surface area contributed by atoms with Crippen LogP contribution >= 0.6 is 11.6 Å². The van der Waals surface area contributed by atoms with E-state index >= 15 is 0 Å². The van der Waals surface area contributed by atoms with Crippen molar-refractivity contribution in [3.63, 3.8) is 0 Å². The molecule has 162 valence electrons. The molecule has 6 nitrogen and oxygen atoms in total. The number of amides is 3. The first kappa shape index (κ1) is 21.2. The Bertz CT molecular complexity index is 852. The van der Waals surface area contributed by atoms with E-state index in [0.717, 1.165) is 31.5 Å². The van der Waals surface area contributed by atoms with Crippen LogP contribution in [0.2, 0.25) is 5.02 Å². The Hall–Kier alpha value is -2.08. The number of likely N-dealkylation sites (tertiary alicyclic amines) is 3. The maximum atomic E-state index is 13.6. The Kier molecular flexibility index (Phi) is 5.80. The largest absolute Gasteiger partial charge is 0.342 e. The van der Waals surface area contributed by atoms with Crippen LogP contribution in [0.5, 0.6) is 0 Å². The van der Waals surface area contributed by atoms with E-state index in [1.54, 1.807) is 6.07 Å². The molecule has 0 aliphatic carbocycles.